The zero-order valence-electron chi connectivity index (χ0n) is 9.28. The van der Waals surface area contributed by atoms with Crippen LogP contribution in [0.1, 0.15) is 0 Å². The van der Waals surface area contributed by atoms with Crippen LogP contribution in [-0.4, -0.2) is 30.1 Å². The van der Waals surface area contributed by atoms with Crippen LogP contribution in [0.3, 0.4) is 0 Å². The van der Waals surface area contributed by atoms with Gasteiger partial charge in [0.2, 0.25) is 0 Å². The van der Waals surface area contributed by atoms with Crippen LogP contribution in [-0.2, 0) is 4.79 Å². The normalized spacial score (nSPS) is 12.9. The number of hydrogen-bond donors (Lipinski definition) is 2. The number of nitrogens with two attached hydrogens (primary N) is 1. The highest BCUT2D eigenvalue weighted by molar-refractivity contribution is 9.10. The summed E-state index contributed by atoms with van der Waals surface area (Å²) in [5.74, 6) is -1.50. The monoisotopic (exact) mass is 343 g/mol. The zero-order valence-corrected chi connectivity index (χ0v) is 10.9. The van der Waals surface area contributed by atoms with Crippen molar-refractivity contribution < 1.29 is 32.5 Å². The van der Waals surface area contributed by atoms with Gasteiger partial charge in [0.1, 0.15) is 24.1 Å². The van der Waals surface area contributed by atoms with E-state index in [1.807, 2.05) is 0 Å². The number of carbonyl (C=O) groups is 1. The van der Waals surface area contributed by atoms with Gasteiger partial charge >= 0.3 is 12.3 Å². The van der Waals surface area contributed by atoms with Crippen molar-refractivity contribution in [1.29, 1.82) is 0 Å². The standard InChI is InChI=1S/C10H9BrF3NO4/c11-6-3-5(18-4-7(15)9(16)17)1-2-8(6)19-10(12,13)14/h1-3,7H,4,15H2,(H,16,17). The van der Waals surface area contributed by atoms with E-state index in [1.165, 1.54) is 12.1 Å². The molecule has 0 aliphatic rings. The summed E-state index contributed by atoms with van der Waals surface area (Å²) in [7, 11) is 0. The summed E-state index contributed by atoms with van der Waals surface area (Å²) in [5, 5.41) is 8.53. The molecule has 1 aromatic carbocycles. The maximum Gasteiger partial charge on any atom is 0.573 e. The molecule has 19 heavy (non-hydrogen) atoms. The quantitative estimate of drug-likeness (QED) is 0.855. The summed E-state index contributed by atoms with van der Waals surface area (Å²) in [6.45, 7) is -0.304. The topological polar surface area (TPSA) is 81.8 Å². The Hall–Kier alpha value is -1.48. The molecule has 0 saturated heterocycles. The molecule has 0 aromatic heterocycles. The fourth-order valence-electron chi connectivity index (χ4n) is 1.04. The molecular formula is C10H9BrF3NO4. The summed E-state index contributed by atoms with van der Waals surface area (Å²) in [4.78, 5) is 10.4. The summed E-state index contributed by atoms with van der Waals surface area (Å²) < 4.78 is 44.8. The van der Waals surface area contributed by atoms with E-state index in [0.29, 0.717) is 0 Å². The molecule has 1 aromatic rings. The lowest BCUT2D eigenvalue weighted by atomic mass is 10.3. The number of carboxylic acids is 1. The predicted octanol–water partition coefficient (Wildman–Crippen LogP) is 2.14. The highest BCUT2D eigenvalue weighted by Crippen LogP contribution is 2.33. The van der Waals surface area contributed by atoms with Gasteiger partial charge in [-0.05, 0) is 34.1 Å². The molecule has 1 unspecified atom stereocenters. The molecule has 0 amide bonds. The van der Waals surface area contributed by atoms with Gasteiger partial charge in [-0.1, -0.05) is 0 Å². The lowest BCUT2D eigenvalue weighted by molar-refractivity contribution is -0.274. The number of aliphatic carboxylic acids is 1. The fraction of sp³-hybridized carbons (Fsp3) is 0.300. The minimum Gasteiger partial charge on any atom is -0.491 e. The van der Waals surface area contributed by atoms with Crippen molar-refractivity contribution in [1.82, 2.24) is 0 Å². The Morgan fingerprint density at radius 2 is 2.11 bits per heavy atom. The number of alkyl halides is 3. The fourth-order valence-corrected chi connectivity index (χ4v) is 1.47. The van der Waals surface area contributed by atoms with Gasteiger partial charge in [-0.3, -0.25) is 4.79 Å². The van der Waals surface area contributed by atoms with Crippen LogP contribution in [0.15, 0.2) is 22.7 Å². The first-order valence-electron chi connectivity index (χ1n) is 4.85. The molecule has 1 rings (SSSR count). The summed E-state index contributed by atoms with van der Waals surface area (Å²) in [6.07, 6.45) is -4.80. The van der Waals surface area contributed by atoms with Crippen LogP contribution in [0.4, 0.5) is 13.2 Å². The minimum atomic E-state index is -4.80. The summed E-state index contributed by atoms with van der Waals surface area (Å²) >= 11 is 2.88. The number of rotatable bonds is 5. The van der Waals surface area contributed by atoms with Crippen LogP contribution in [0.5, 0.6) is 11.5 Å². The Kier molecular flexibility index (Phi) is 5.01. The van der Waals surface area contributed by atoms with Crippen LogP contribution >= 0.6 is 15.9 Å². The van der Waals surface area contributed by atoms with Crippen molar-refractivity contribution in [3.63, 3.8) is 0 Å². The van der Waals surface area contributed by atoms with Gasteiger partial charge in [-0.15, -0.1) is 13.2 Å². The minimum absolute atomic E-state index is 0.0196. The molecule has 0 aliphatic carbocycles. The third kappa shape index (κ3) is 5.35. The van der Waals surface area contributed by atoms with E-state index < -0.39 is 24.1 Å². The number of carboxylic acid groups (broad SMARTS) is 1. The second kappa shape index (κ2) is 6.11. The van der Waals surface area contributed by atoms with Crippen LogP contribution in [0, 0.1) is 0 Å². The van der Waals surface area contributed by atoms with Gasteiger partial charge in [0.15, 0.2) is 0 Å². The third-order valence-corrected chi connectivity index (χ3v) is 2.50. The molecule has 0 spiro atoms. The number of halogens is 4. The highest BCUT2D eigenvalue weighted by Gasteiger charge is 2.32. The van der Waals surface area contributed by atoms with Gasteiger partial charge < -0.3 is 20.3 Å². The lowest BCUT2D eigenvalue weighted by Crippen LogP contribution is -2.36. The molecule has 5 nitrogen and oxygen atoms in total. The zero-order chi connectivity index (χ0) is 14.6. The predicted molar refractivity (Wildman–Crippen MR) is 61.9 cm³/mol. The molecule has 106 valence electrons. The largest absolute Gasteiger partial charge is 0.573 e. The first kappa shape index (κ1) is 15.6. The Labute approximate surface area is 114 Å². The van der Waals surface area contributed by atoms with Crippen molar-refractivity contribution in [2.75, 3.05) is 6.61 Å². The van der Waals surface area contributed by atoms with E-state index in [9.17, 15) is 18.0 Å². The molecule has 3 N–H and O–H groups in total. The SMILES string of the molecule is NC(COc1ccc(OC(F)(F)F)c(Br)c1)C(=O)O. The summed E-state index contributed by atoms with van der Waals surface area (Å²) in [6, 6.07) is 2.25. The van der Waals surface area contributed by atoms with Gasteiger partial charge in [0.25, 0.3) is 0 Å². The van der Waals surface area contributed by atoms with E-state index in [0.717, 1.165) is 6.07 Å². The van der Waals surface area contributed by atoms with Gasteiger partial charge in [0, 0.05) is 0 Å². The van der Waals surface area contributed by atoms with E-state index in [1.54, 1.807) is 0 Å². The first-order valence-corrected chi connectivity index (χ1v) is 5.65. The Morgan fingerprint density at radius 3 is 2.58 bits per heavy atom. The molecule has 1 atom stereocenters. The molecule has 0 bridgehead atoms. The van der Waals surface area contributed by atoms with Crippen molar-refractivity contribution in [3.8, 4) is 11.5 Å². The second-order valence-corrected chi connectivity index (χ2v) is 4.25. The maximum absolute atomic E-state index is 12.0. The molecule has 0 fully saturated rings. The van der Waals surface area contributed by atoms with Crippen molar-refractivity contribution in [2.24, 2.45) is 5.73 Å². The Bertz CT molecular complexity index is 467. The van der Waals surface area contributed by atoms with E-state index in [-0.39, 0.29) is 16.8 Å². The number of ether oxygens (including phenoxy) is 2. The molecular weight excluding hydrogens is 335 g/mol. The van der Waals surface area contributed by atoms with Crippen LogP contribution in [0.25, 0.3) is 0 Å². The smallest absolute Gasteiger partial charge is 0.491 e. The first-order chi connectivity index (χ1) is 8.69. The van der Waals surface area contributed by atoms with Crippen molar-refractivity contribution >= 4 is 21.9 Å². The van der Waals surface area contributed by atoms with Gasteiger partial charge in [-0.25, -0.2) is 0 Å². The Balaban J connectivity index is 2.69. The maximum atomic E-state index is 12.0. The summed E-state index contributed by atoms with van der Waals surface area (Å²) in [5.41, 5.74) is 5.21. The highest BCUT2D eigenvalue weighted by atomic mass is 79.9. The van der Waals surface area contributed by atoms with Crippen molar-refractivity contribution in [3.05, 3.63) is 22.7 Å². The number of benzene rings is 1. The van der Waals surface area contributed by atoms with E-state index in [4.69, 9.17) is 15.6 Å². The van der Waals surface area contributed by atoms with Gasteiger partial charge in [-0.2, -0.15) is 0 Å². The van der Waals surface area contributed by atoms with Gasteiger partial charge in [0.05, 0.1) is 4.47 Å². The van der Waals surface area contributed by atoms with Crippen molar-refractivity contribution in [2.45, 2.75) is 12.4 Å². The molecule has 0 heterocycles. The average Bonchev–Trinajstić information content (AvgIpc) is 2.27. The van der Waals surface area contributed by atoms with E-state index in [2.05, 4.69) is 20.7 Å². The second-order valence-electron chi connectivity index (χ2n) is 3.40. The van der Waals surface area contributed by atoms with Crippen LogP contribution < -0.4 is 15.2 Å². The van der Waals surface area contributed by atoms with E-state index >= 15 is 0 Å². The Morgan fingerprint density at radius 1 is 1.47 bits per heavy atom. The molecule has 0 aliphatic heterocycles. The average molecular weight is 344 g/mol. The number of hydrogen-bond acceptors (Lipinski definition) is 4. The third-order valence-electron chi connectivity index (χ3n) is 1.88. The molecule has 9 heteroatoms. The van der Waals surface area contributed by atoms with Crippen LogP contribution in [0.2, 0.25) is 0 Å². The molecule has 0 saturated carbocycles. The molecule has 0 radical (unpaired) electrons. The lowest BCUT2D eigenvalue weighted by Gasteiger charge is -2.13.